The molecule has 1 amide bonds. The fraction of sp³-hybridized carbons (Fsp3) is 0.296. The van der Waals surface area contributed by atoms with Crippen LogP contribution in [0.15, 0.2) is 73.2 Å². The van der Waals surface area contributed by atoms with E-state index in [-0.39, 0.29) is 5.91 Å². The number of hydrogen-bond donors (Lipinski definition) is 1. The second kappa shape index (κ2) is 8.79. The van der Waals surface area contributed by atoms with Crippen LogP contribution in [0, 0.1) is 6.92 Å². The number of fused-ring (bicyclic) bond motifs is 1. The summed E-state index contributed by atoms with van der Waals surface area (Å²) in [4.78, 5) is 23.5. The highest BCUT2D eigenvalue weighted by Gasteiger charge is 2.34. The largest absolute Gasteiger partial charge is 0.388 e. The van der Waals surface area contributed by atoms with Crippen LogP contribution in [0.1, 0.15) is 24.0 Å². The Balaban J connectivity index is 1.25. The van der Waals surface area contributed by atoms with Gasteiger partial charge in [0.1, 0.15) is 0 Å². The van der Waals surface area contributed by atoms with Crippen LogP contribution in [-0.2, 0) is 17.8 Å². The fourth-order valence-corrected chi connectivity index (χ4v) is 4.63. The Morgan fingerprint density at radius 3 is 2.55 bits per heavy atom. The highest BCUT2D eigenvalue weighted by Crippen LogP contribution is 2.28. The monoisotopic (exact) mass is 440 g/mol. The van der Waals surface area contributed by atoms with Crippen LogP contribution in [0.4, 0.5) is 0 Å². The van der Waals surface area contributed by atoms with E-state index in [1.807, 2.05) is 66.6 Å². The van der Waals surface area contributed by atoms with Crippen molar-refractivity contribution in [1.29, 1.82) is 0 Å². The average Bonchev–Trinajstić information content (AvgIpc) is 3.23. The first-order valence-corrected chi connectivity index (χ1v) is 11.4. The zero-order valence-corrected chi connectivity index (χ0v) is 18.8. The summed E-state index contributed by atoms with van der Waals surface area (Å²) in [6.45, 7) is 3.68. The molecule has 1 saturated heterocycles. The second-order valence-electron chi connectivity index (χ2n) is 8.99. The molecule has 1 aromatic carbocycles. The van der Waals surface area contributed by atoms with Gasteiger partial charge in [0.25, 0.3) is 0 Å². The molecule has 33 heavy (non-hydrogen) atoms. The Morgan fingerprint density at radius 2 is 1.79 bits per heavy atom. The quantitative estimate of drug-likeness (QED) is 0.509. The van der Waals surface area contributed by atoms with E-state index < -0.39 is 5.60 Å². The van der Waals surface area contributed by atoms with E-state index in [2.05, 4.69) is 15.6 Å². The Labute approximate surface area is 193 Å². The van der Waals surface area contributed by atoms with Crippen molar-refractivity contribution in [3.8, 4) is 11.3 Å². The smallest absolute Gasteiger partial charge is 0.227 e. The first-order chi connectivity index (χ1) is 16.0. The van der Waals surface area contributed by atoms with E-state index in [1.165, 1.54) is 0 Å². The number of aryl methyl sites for hydroxylation is 1. The lowest BCUT2D eigenvalue weighted by molar-refractivity contribution is -0.135. The molecule has 0 bridgehead atoms. The van der Waals surface area contributed by atoms with Crippen LogP contribution >= 0.6 is 0 Å². The lowest BCUT2D eigenvalue weighted by atomic mass is 9.90. The summed E-state index contributed by atoms with van der Waals surface area (Å²) in [7, 11) is 0. The van der Waals surface area contributed by atoms with Crippen LogP contribution in [0.5, 0.6) is 0 Å². The molecule has 3 aromatic heterocycles. The number of piperidine rings is 1. The van der Waals surface area contributed by atoms with Crippen molar-refractivity contribution < 1.29 is 9.90 Å². The van der Waals surface area contributed by atoms with E-state index >= 15 is 0 Å². The number of hydrogen-bond acceptors (Lipinski definition) is 4. The summed E-state index contributed by atoms with van der Waals surface area (Å²) in [6.07, 6.45) is 7.06. The number of benzene rings is 1. The van der Waals surface area contributed by atoms with Gasteiger partial charge in [0, 0.05) is 37.2 Å². The molecule has 0 unspecified atom stereocenters. The third-order valence-electron chi connectivity index (χ3n) is 6.71. The molecule has 0 atom stereocenters. The Kier molecular flexibility index (Phi) is 5.68. The van der Waals surface area contributed by atoms with Gasteiger partial charge >= 0.3 is 0 Å². The third kappa shape index (κ3) is 4.52. The SMILES string of the molecule is Cc1ccccc1CC(=O)N1CCC(O)(Cn2ccc3nc(-c4ccncc4)ccc32)CC1. The summed E-state index contributed by atoms with van der Waals surface area (Å²) in [6, 6.07) is 18.0. The van der Waals surface area contributed by atoms with Crippen molar-refractivity contribution in [2.75, 3.05) is 13.1 Å². The molecule has 0 spiro atoms. The Hall–Kier alpha value is -3.51. The molecular formula is C27H28N4O2. The lowest BCUT2D eigenvalue weighted by Crippen LogP contribution is -2.49. The van der Waals surface area contributed by atoms with Gasteiger partial charge in [0.05, 0.1) is 35.3 Å². The minimum absolute atomic E-state index is 0.130. The van der Waals surface area contributed by atoms with Gasteiger partial charge in [-0.25, -0.2) is 4.98 Å². The van der Waals surface area contributed by atoms with E-state index in [1.54, 1.807) is 12.4 Å². The van der Waals surface area contributed by atoms with E-state index in [0.29, 0.717) is 38.9 Å². The van der Waals surface area contributed by atoms with Crippen LogP contribution in [0.25, 0.3) is 22.3 Å². The molecule has 0 radical (unpaired) electrons. The van der Waals surface area contributed by atoms with Gasteiger partial charge in [-0.1, -0.05) is 24.3 Å². The van der Waals surface area contributed by atoms with Gasteiger partial charge in [-0.05, 0) is 61.2 Å². The second-order valence-corrected chi connectivity index (χ2v) is 8.99. The lowest BCUT2D eigenvalue weighted by Gasteiger charge is -2.38. The zero-order valence-electron chi connectivity index (χ0n) is 18.8. The predicted octanol–water partition coefficient (Wildman–Crippen LogP) is 4.00. The molecular weight excluding hydrogens is 412 g/mol. The number of likely N-dealkylation sites (tertiary alicyclic amines) is 1. The maximum atomic E-state index is 12.8. The van der Waals surface area contributed by atoms with Crippen molar-refractivity contribution in [2.24, 2.45) is 0 Å². The minimum Gasteiger partial charge on any atom is -0.388 e. The molecule has 0 aliphatic carbocycles. The van der Waals surface area contributed by atoms with E-state index in [4.69, 9.17) is 4.98 Å². The van der Waals surface area contributed by atoms with Crippen molar-refractivity contribution >= 4 is 16.9 Å². The van der Waals surface area contributed by atoms with Crippen molar-refractivity contribution in [1.82, 2.24) is 19.4 Å². The number of carbonyl (C=O) groups excluding carboxylic acids is 1. The predicted molar refractivity (Wildman–Crippen MR) is 129 cm³/mol. The fourth-order valence-electron chi connectivity index (χ4n) is 4.63. The van der Waals surface area contributed by atoms with Crippen LogP contribution in [0.2, 0.25) is 0 Å². The van der Waals surface area contributed by atoms with E-state index in [9.17, 15) is 9.90 Å². The van der Waals surface area contributed by atoms with Crippen LogP contribution in [-0.4, -0.2) is 49.1 Å². The molecule has 6 heteroatoms. The maximum absolute atomic E-state index is 12.8. The Bertz CT molecular complexity index is 1270. The summed E-state index contributed by atoms with van der Waals surface area (Å²) >= 11 is 0. The number of rotatable bonds is 5. The van der Waals surface area contributed by atoms with Gasteiger partial charge in [-0.15, -0.1) is 0 Å². The normalized spacial score (nSPS) is 15.6. The number of amides is 1. The van der Waals surface area contributed by atoms with Gasteiger partial charge in [-0.3, -0.25) is 9.78 Å². The summed E-state index contributed by atoms with van der Waals surface area (Å²) in [5.41, 5.74) is 5.20. The summed E-state index contributed by atoms with van der Waals surface area (Å²) in [5.74, 6) is 0.130. The van der Waals surface area contributed by atoms with Crippen LogP contribution in [0.3, 0.4) is 0 Å². The molecule has 168 valence electrons. The average molecular weight is 441 g/mol. The maximum Gasteiger partial charge on any atom is 0.227 e. The van der Waals surface area contributed by atoms with Crippen molar-refractivity contribution in [2.45, 2.75) is 38.3 Å². The number of carbonyl (C=O) groups is 1. The number of pyridine rings is 2. The van der Waals surface area contributed by atoms with Crippen molar-refractivity contribution in [3.05, 3.63) is 84.3 Å². The molecule has 1 aliphatic rings. The highest BCUT2D eigenvalue weighted by molar-refractivity contribution is 5.80. The third-order valence-corrected chi connectivity index (χ3v) is 6.71. The zero-order chi connectivity index (χ0) is 22.8. The summed E-state index contributed by atoms with van der Waals surface area (Å²) < 4.78 is 2.07. The first kappa shape index (κ1) is 21.3. The number of aliphatic hydroxyl groups is 1. The van der Waals surface area contributed by atoms with Gasteiger partial charge in [0.15, 0.2) is 0 Å². The molecule has 0 saturated carbocycles. The molecule has 4 heterocycles. The standard InChI is InChI=1S/C27H28N4O2/c1-20-4-2-3-5-22(20)18-26(32)30-16-11-27(33,12-17-30)19-31-15-10-24-25(31)7-6-23(29-24)21-8-13-28-14-9-21/h2-10,13-15,33H,11-12,16-19H2,1H3. The van der Waals surface area contributed by atoms with Gasteiger partial charge in [0.2, 0.25) is 5.91 Å². The van der Waals surface area contributed by atoms with Gasteiger partial charge < -0.3 is 14.6 Å². The minimum atomic E-state index is -0.838. The molecule has 6 nitrogen and oxygen atoms in total. The van der Waals surface area contributed by atoms with Crippen molar-refractivity contribution in [3.63, 3.8) is 0 Å². The van der Waals surface area contributed by atoms with Crippen LogP contribution < -0.4 is 0 Å². The first-order valence-electron chi connectivity index (χ1n) is 11.4. The Morgan fingerprint density at radius 1 is 1.03 bits per heavy atom. The molecule has 1 aliphatic heterocycles. The molecule has 1 N–H and O–H groups in total. The number of aromatic nitrogens is 3. The molecule has 1 fully saturated rings. The van der Waals surface area contributed by atoms with E-state index in [0.717, 1.165) is 33.4 Å². The topological polar surface area (TPSA) is 71.2 Å². The molecule has 5 rings (SSSR count). The summed E-state index contributed by atoms with van der Waals surface area (Å²) in [5, 5.41) is 11.3. The highest BCUT2D eigenvalue weighted by atomic mass is 16.3. The number of nitrogens with zero attached hydrogens (tertiary/aromatic N) is 4. The molecule has 4 aromatic rings. The van der Waals surface area contributed by atoms with Gasteiger partial charge in [-0.2, -0.15) is 0 Å².